The first kappa shape index (κ1) is 12.9. The lowest BCUT2D eigenvalue weighted by Crippen LogP contribution is -2.58. The monoisotopic (exact) mass is 261 g/mol. The highest BCUT2D eigenvalue weighted by Gasteiger charge is 2.48. The Kier molecular flexibility index (Phi) is 3.06. The van der Waals surface area contributed by atoms with Crippen LogP contribution in [-0.4, -0.2) is 16.7 Å². The highest BCUT2D eigenvalue weighted by atomic mass is 16.5. The van der Waals surface area contributed by atoms with E-state index < -0.39 is 6.10 Å². The SMILES string of the molecule is Cc1cc(C)c2c(c1)OC1(CCCCC1)C(N)C2O. The molecule has 0 radical (unpaired) electrons. The van der Waals surface area contributed by atoms with Crippen molar-refractivity contribution in [2.24, 2.45) is 5.73 Å². The van der Waals surface area contributed by atoms with Gasteiger partial charge < -0.3 is 15.6 Å². The first-order valence-corrected chi connectivity index (χ1v) is 7.27. The van der Waals surface area contributed by atoms with Gasteiger partial charge in [-0.05, 0) is 56.7 Å². The van der Waals surface area contributed by atoms with E-state index in [0.717, 1.165) is 42.6 Å². The Bertz CT molecular complexity index is 492. The maximum absolute atomic E-state index is 10.6. The lowest BCUT2D eigenvalue weighted by Gasteiger charge is -2.48. The predicted molar refractivity (Wildman–Crippen MR) is 75.3 cm³/mol. The Hall–Kier alpha value is -1.06. The first-order chi connectivity index (χ1) is 9.03. The zero-order chi connectivity index (χ0) is 13.6. The molecule has 1 aromatic rings. The number of nitrogens with two attached hydrogens (primary N) is 1. The van der Waals surface area contributed by atoms with Crippen LogP contribution in [0.15, 0.2) is 12.1 Å². The molecule has 0 aromatic heterocycles. The van der Waals surface area contributed by atoms with E-state index >= 15 is 0 Å². The van der Waals surface area contributed by atoms with Crippen molar-refractivity contribution in [2.75, 3.05) is 0 Å². The van der Waals surface area contributed by atoms with Crippen molar-refractivity contribution in [1.82, 2.24) is 0 Å². The Morgan fingerprint density at radius 3 is 2.58 bits per heavy atom. The number of hydrogen-bond acceptors (Lipinski definition) is 3. The van der Waals surface area contributed by atoms with Crippen molar-refractivity contribution < 1.29 is 9.84 Å². The molecule has 3 nitrogen and oxygen atoms in total. The molecule has 1 aliphatic carbocycles. The van der Waals surface area contributed by atoms with Gasteiger partial charge in [-0.3, -0.25) is 0 Å². The van der Waals surface area contributed by atoms with Crippen LogP contribution in [0.4, 0.5) is 0 Å². The molecular weight excluding hydrogens is 238 g/mol. The van der Waals surface area contributed by atoms with E-state index in [1.54, 1.807) is 0 Å². The molecule has 1 spiro atoms. The second kappa shape index (κ2) is 4.50. The fourth-order valence-electron chi connectivity index (χ4n) is 3.74. The maximum atomic E-state index is 10.6. The first-order valence-electron chi connectivity index (χ1n) is 7.27. The molecule has 1 fully saturated rings. The van der Waals surface area contributed by atoms with Crippen LogP contribution in [0.25, 0.3) is 0 Å². The number of aryl methyl sites for hydroxylation is 2. The van der Waals surface area contributed by atoms with E-state index in [9.17, 15) is 5.11 Å². The van der Waals surface area contributed by atoms with E-state index in [4.69, 9.17) is 10.5 Å². The highest BCUT2D eigenvalue weighted by Crippen LogP contribution is 2.46. The Morgan fingerprint density at radius 1 is 1.21 bits per heavy atom. The van der Waals surface area contributed by atoms with Gasteiger partial charge in [0, 0.05) is 5.56 Å². The molecule has 1 saturated carbocycles. The molecule has 2 aliphatic rings. The van der Waals surface area contributed by atoms with Gasteiger partial charge in [-0.15, -0.1) is 0 Å². The maximum Gasteiger partial charge on any atom is 0.127 e. The van der Waals surface area contributed by atoms with Gasteiger partial charge in [-0.25, -0.2) is 0 Å². The van der Waals surface area contributed by atoms with Gasteiger partial charge in [-0.2, -0.15) is 0 Å². The molecular formula is C16H23NO2. The summed E-state index contributed by atoms with van der Waals surface area (Å²) in [5.41, 5.74) is 9.11. The van der Waals surface area contributed by atoms with Crippen LogP contribution in [0.3, 0.4) is 0 Å². The van der Waals surface area contributed by atoms with Crippen LogP contribution in [0.5, 0.6) is 5.75 Å². The molecule has 1 aliphatic heterocycles. The average molecular weight is 261 g/mol. The standard InChI is InChI=1S/C16H23NO2/c1-10-8-11(2)13-12(9-10)19-16(15(17)14(13)18)6-4-3-5-7-16/h8-9,14-15,18H,3-7,17H2,1-2H3. The highest BCUT2D eigenvalue weighted by molar-refractivity contribution is 5.47. The zero-order valence-electron chi connectivity index (χ0n) is 11.8. The molecule has 19 heavy (non-hydrogen) atoms. The van der Waals surface area contributed by atoms with Crippen LogP contribution in [-0.2, 0) is 0 Å². The summed E-state index contributed by atoms with van der Waals surface area (Å²) in [5, 5.41) is 10.6. The van der Waals surface area contributed by atoms with Crippen molar-refractivity contribution in [3.63, 3.8) is 0 Å². The summed E-state index contributed by atoms with van der Waals surface area (Å²) in [6.07, 6.45) is 4.83. The number of fused-ring (bicyclic) bond motifs is 1. The van der Waals surface area contributed by atoms with Crippen LogP contribution in [0.2, 0.25) is 0 Å². The molecule has 1 aromatic carbocycles. The second-order valence-electron chi connectivity index (χ2n) is 6.19. The number of hydrogen-bond donors (Lipinski definition) is 2. The molecule has 104 valence electrons. The molecule has 3 rings (SSSR count). The fourth-order valence-corrected chi connectivity index (χ4v) is 3.74. The van der Waals surface area contributed by atoms with Crippen LogP contribution >= 0.6 is 0 Å². The van der Waals surface area contributed by atoms with E-state index in [1.807, 2.05) is 13.0 Å². The summed E-state index contributed by atoms with van der Waals surface area (Å²) in [4.78, 5) is 0. The Morgan fingerprint density at radius 2 is 1.89 bits per heavy atom. The van der Waals surface area contributed by atoms with Gasteiger partial charge in [-0.1, -0.05) is 12.5 Å². The van der Waals surface area contributed by atoms with Crippen molar-refractivity contribution in [3.8, 4) is 5.75 Å². The van der Waals surface area contributed by atoms with Gasteiger partial charge in [0.1, 0.15) is 17.5 Å². The number of aliphatic hydroxyl groups is 1. The zero-order valence-corrected chi connectivity index (χ0v) is 11.8. The summed E-state index contributed by atoms with van der Waals surface area (Å²) in [6.45, 7) is 4.08. The van der Waals surface area contributed by atoms with E-state index in [0.29, 0.717) is 0 Å². The summed E-state index contributed by atoms with van der Waals surface area (Å²) in [6, 6.07) is 3.80. The Labute approximate surface area is 114 Å². The largest absolute Gasteiger partial charge is 0.485 e. The van der Waals surface area contributed by atoms with Gasteiger partial charge >= 0.3 is 0 Å². The van der Waals surface area contributed by atoms with Gasteiger partial charge in [0.15, 0.2) is 0 Å². The lowest BCUT2D eigenvalue weighted by atomic mass is 9.74. The van der Waals surface area contributed by atoms with E-state index in [2.05, 4.69) is 13.0 Å². The number of ether oxygens (including phenoxy) is 1. The van der Waals surface area contributed by atoms with Gasteiger partial charge in [0.25, 0.3) is 0 Å². The van der Waals surface area contributed by atoms with Crippen LogP contribution in [0, 0.1) is 13.8 Å². The third-order valence-corrected chi connectivity index (χ3v) is 4.75. The Balaban J connectivity index is 2.07. The van der Waals surface area contributed by atoms with Gasteiger partial charge in [0.2, 0.25) is 0 Å². The third-order valence-electron chi connectivity index (χ3n) is 4.75. The number of aliphatic hydroxyl groups excluding tert-OH is 1. The minimum Gasteiger partial charge on any atom is -0.485 e. The number of benzene rings is 1. The molecule has 0 amide bonds. The quantitative estimate of drug-likeness (QED) is 0.755. The molecule has 0 saturated heterocycles. The van der Waals surface area contributed by atoms with E-state index in [1.165, 1.54) is 12.0 Å². The molecule has 2 unspecified atom stereocenters. The predicted octanol–water partition coefficient (Wildman–Crippen LogP) is 2.76. The fraction of sp³-hybridized carbons (Fsp3) is 0.625. The number of rotatable bonds is 0. The lowest BCUT2D eigenvalue weighted by molar-refractivity contribution is -0.0584. The minimum absolute atomic E-state index is 0.318. The molecule has 0 bridgehead atoms. The van der Waals surface area contributed by atoms with Crippen molar-refractivity contribution >= 4 is 0 Å². The molecule has 3 N–H and O–H groups in total. The summed E-state index contributed by atoms with van der Waals surface area (Å²) in [5.74, 6) is 0.841. The average Bonchev–Trinajstić information content (AvgIpc) is 2.36. The summed E-state index contributed by atoms with van der Waals surface area (Å²) >= 11 is 0. The molecule has 1 heterocycles. The molecule has 3 heteroatoms. The smallest absolute Gasteiger partial charge is 0.127 e. The van der Waals surface area contributed by atoms with Crippen molar-refractivity contribution in [3.05, 3.63) is 28.8 Å². The van der Waals surface area contributed by atoms with Crippen molar-refractivity contribution in [2.45, 2.75) is 63.7 Å². The topological polar surface area (TPSA) is 55.5 Å². The normalized spacial score (nSPS) is 28.8. The second-order valence-corrected chi connectivity index (χ2v) is 6.19. The van der Waals surface area contributed by atoms with Gasteiger partial charge in [0.05, 0.1) is 6.04 Å². The summed E-state index contributed by atoms with van der Waals surface area (Å²) in [7, 11) is 0. The summed E-state index contributed by atoms with van der Waals surface area (Å²) < 4.78 is 6.32. The van der Waals surface area contributed by atoms with Crippen LogP contribution in [0.1, 0.15) is 54.9 Å². The van der Waals surface area contributed by atoms with Crippen LogP contribution < -0.4 is 10.5 Å². The molecule has 2 atom stereocenters. The third kappa shape index (κ3) is 1.96. The van der Waals surface area contributed by atoms with Crippen molar-refractivity contribution in [1.29, 1.82) is 0 Å². The minimum atomic E-state index is -0.609. The van der Waals surface area contributed by atoms with E-state index in [-0.39, 0.29) is 11.6 Å².